The third kappa shape index (κ3) is 2.54. The van der Waals surface area contributed by atoms with Crippen LogP contribution in [0.25, 0.3) is 0 Å². The van der Waals surface area contributed by atoms with Crippen LogP contribution in [0.15, 0.2) is 6.20 Å². The molecule has 0 aliphatic heterocycles. The maximum absolute atomic E-state index is 11.5. The quantitative estimate of drug-likeness (QED) is 0.715. The van der Waals surface area contributed by atoms with Crippen LogP contribution in [0.1, 0.15) is 37.1 Å². The molecular formula is C10H17ClN4O. The highest BCUT2D eigenvalue weighted by atomic mass is 35.5. The molecule has 16 heavy (non-hydrogen) atoms. The van der Waals surface area contributed by atoms with Crippen molar-refractivity contribution < 1.29 is 4.79 Å². The van der Waals surface area contributed by atoms with Crippen molar-refractivity contribution in [2.24, 2.45) is 5.73 Å². The summed E-state index contributed by atoms with van der Waals surface area (Å²) in [6, 6.07) is -0.409. The molecule has 2 unspecified atom stereocenters. The van der Waals surface area contributed by atoms with Crippen LogP contribution < -0.4 is 11.1 Å². The summed E-state index contributed by atoms with van der Waals surface area (Å²) in [5, 5.41) is 9.87. The zero-order valence-electron chi connectivity index (χ0n) is 9.19. The summed E-state index contributed by atoms with van der Waals surface area (Å²) in [6.07, 6.45) is 4.90. The van der Waals surface area contributed by atoms with Crippen molar-refractivity contribution >= 4 is 18.3 Å². The molecule has 0 radical (unpaired) electrons. The molecule has 1 aliphatic rings. The van der Waals surface area contributed by atoms with Gasteiger partial charge >= 0.3 is 0 Å². The molecule has 2 rings (SSSR count). The average Bonchev–Trinajstić information content (AvgIpc) is 2.66. The largest absolute Gasteiger partial charge is 0.346 e. The fraction of sp³-hybridized carbons (Fsp3) is 0.600. The van der Waals surface area contributed by atoms with Crippen molar-refractivity contribution in [3.63, 3.8) is 0 Å². The molecular weight excluding hydrogens is 228 g/mol. The molecule has 0 bridgehead atoms. The number of fused-ring (bicyclic) bond motifs is 1. The van der Waals surface area contributed by atoms with E-state index >= 15 is 0 Å². The van der Waals surface area contributed by atoms with Crippen molar-refractivity contribution in [1.29, 1.82) is 0 Å². The molecule has 1 aromatic rings. The number of H-pyrrole nitrogens is 1. The number of rotatable bonds is 2. The van der Waals surface area contributed by atoms with E-state index in [1.54, 1.807) is 6.92 Å². The minimum Gasteiger partial charge on any atom is -0.346 e. The summed E-state index contributed by atoms with van der Waals surface area (Å²) < 4.78 is 0. The van der Waals surface area contributed by atoms with Crippen LogP contribution in [-0.2, 0) is 11.2 Å². The smallest absolute Gasteiger partial charge is 0.237 e. The molecule has 90 valence electrons. The molecule has 2 atom stereocenters. The van der Waals surface area contributed by atoms with Crippen molar-refractivity contribution in [1.82, 2.24) is 15.5 Å². The molecule has 0 saturated carbocycles. The highest BCUT2D eigenvalue weighted by Gasteiger charge is 2.24. The summed E-state index contributed by atoms with van der Waals surface area (Å²) in [5.74, 6) is -0.109. The summed E-state index contributed by atoms with van der Waals surface area (Å²) in [4.78, 5) is 11.5. The molecule has 0 saturated heterocycles. The second kappa shape index (κ2) is 5.32. The van der Waals surface area contributed by atoms with Gasteiger partial charge in [-0.3, -0.25) is 9.89 Å². The Morgan fingerprint density at radius 1 is 1.75 bits per heavy atom. The Kier molecular flexibility index (Phi) is 4.32. The lowest BCUT2D eigenvalue weighted by Crippen LogP contribution is -2.41. The first-order chi connectivity index (χ1) is 7.18. The van der Waals surface area contributed by atoms with Crippen LogP contribution in [0.4, 0.5) is 0 Å². The second-order valence-electron chi connectivity index (χ2n) is 4.05. The van der Waals surface area contributed by atoms with E-state index in [2.05, 4.69) is 15.5 Å². The number of aryl methyl sites for hydroxylation is 1. The number of aromatic amines is 1. The number of carbonyl (C=O) groups excluding carboxylic acids is 1. The lowest BCUT2D eigenvalue weighted by molar-refractivity contribution is -0.122. The van der Waals surface area contributed by atoms with Gasteiger partial charge in [0.2, 0.25) is 5.91 Å². The van der Waals surface area contributed by atoms with Crippen LogP contribution in [0.3, 0.4) is 0 Å². The summed E-state index contributed by atoms with van der Waals surface area (Å²) in [5.41, 5.74) is 7.75. The number of nitrogens with one attached hydrogen (secondary N) is 2. The van der Waals surface area contributed by atoms with Gasteiger partial charge in [-0.2, -0.15) is 5.10 Å². The van der Waals surface area contributed by atoms with Crippen molar-refractivity contribution in [3.8, 4) is 0 Å². The summed E-state index contributed by atoms with van der Waals surface area (Å²) >= 11 is 0. The molecule has 4 N–H and O–H groups in total. The lowest BCUT2D eigenvalue weighted by Gasteiger charge is -2.23. The molecule has 0 aromatic carbocycles. The lowest BCUT2D eigenvalue weighted by atomic mass is 9.93. The number of hydrogen-bond donors (Lipinski definition) is 3. The Bertz CT molecular complexity index is 363. The van der Waals surface area contributed by atoms with Gasteiger partial charge in [-0.25, -0.2) is 0 Å². The van der Waals surface area contributed by atoms with E-state index in [1.165, 1.54) is 5.56 Å². The zero-order valence-corrected chi connectivity index (χ0v) is 10.0. The highest BCUT2D eigenvalue weighted by molar-refractivity contribution is 5.85. The molecule has 6 heteroatoms. The first kappa shape index (κ1) is 13.0. The number of amides is 1. The summed E-state index contributed by atoms with van der Waals surface area (Å²) in [7, 11) is 0. The molecule has 1 aliphatic carbocycles. The minimum atomic E-state index is -0.460. The average molecular weight is 245 g/mol. The van der Waals surface area contributed by atoms with E-state index < -0.39 is 6.04 Å². The van der Waals surface area contributed by atoms with Gasteiger partial charge in [0.05, 0.1) is 24.0 Å². The third-order valence-electron chi connectivity index (χ3n) is 2.77. The Balaban J connectivity index is 0.00000128. The highest BCUT2D eigenvalue weighted by Crippen LogP contribution is 2.27. The summed E-state index contributed by atoms with van der Waals surface area (Å²) in [6.45, 7) is 1.69. The second-order valence-corrected chi connectivity index (χ2v) is 4.05. The normalized spacial score (nSPS) is 20.5. The fourth-order valence-corrected chi connectivity index (χ4v) is 1.91. The van der Waals surface area contributed by atoms with E-state index in [0.717, 1.165) is 25.0 Å². The number of nitrogens with two attached hydrogens (primary N) is 1. The molecule has 1 heterocycles. The molecule has 0 fully saturated rings. The number of halogens is 1. The van der Waals surface area contributed by atoms with E-state index in [-0.39, 0.29) is 24.4 Å². The fourth-order valence-electron chi connectivity index (χ4n) is 1.91. The number of nitrogens with zero attached hydrogens (tertiary/aromatic N) is 1. The van der Waals surface area contributed by atoms with Crippen LogP contribution in [-0.4, -0.2) is 22.1 Å². The van der Waals surface area contributed by atoms with Gasteiger partial charge in [0.25, 0.3) is 0 Å². The van der Waals surface area contributed by atoms with E-state index in [9.17, 15) is 4.79 Å². The van der Waals surface area contributed by atoms with Crippen molar-refractivity contribution in [2.75, 3.05) is 0 Å². The van der Waals surface area contributed by atoms with Crippen molar-refractivity contribution in [2.45, 2.75) is 38.3 Å². The molecule has 0 spiro atoms. The third-order valence-corrected chi connectivity index (χ3v) is 2.77. The Hall–Kier alpha value is -1.07. The van der Waals surface area contributed by atoms with Gasteiger partial charge < -0.3 is 11.1 Å². The molecule has 1 aromatic heterocycles. The predicted octanol–water partition coefficient (Wildman–Crippen LogP) is 0.672. The SMILES string of the molecule is CC(N)C(=O)NC1CCCc2cn[nH]c21.Cl. The van der Waals surface area contributed by atoms with E-state index in [1.807, 2.05) is 6.20 Å². The standard InChI is InChI=1S/C10H16N4O.ClH/c1-6(11)10(15)13-8-4-2-3-7-5-12-14-9(7)8;/h5-6,8H,2-4,11H2,1H3,(H,12,14)(H,13,15);1H. The monoisotopic (exact) mass is 244 g/mol. The Morgan fingerprint density at radius 3 is 3.19 bits per heavy atom. The van der Waals surface area contributed by atoms with Gasteiger partial charge in [0, 0.05) is 0 Å². The van der Waals surface area contributed by atoms with Gasteiger partial charge in [0.15, 0.2) is 0 Å². The van der Waals surface area contributed by atoms with Crippen LogP contribution in [0.5, 0.6) is 0 Å². The molecule has 5 nitrogen and oxygen atoms in total. The predicted molar refractivity (Wildman–Crippen MR) is 63.3 cm³/mol. The number of hydrogen-bond acceptors (Lipinski definition) is 3. The van der Waals surface area contributed by atoms with Gasteiger partial charge in [-0.15, -0.1) is 12.4 Å². The topological polar surface area (TPSA) is 83.8 Å². The maximum atomic E-state index is 11.5. The first-order valence-electron chi connectivity index (χ1n) is 5.26. The van der Waals surface area contributed by atoms with Crippen molar-refractivity contribution in [3.05, 3.63) is 17.5 Å². The van der Waals surface area contributed by atoms with E-state index in [0.29, 0.717) is 0 Å². The van der Waals surface area contributed by atoms with Crippen LogP contribution >= 0.6 is 12.4 Å². The van der Waals surface area contributed by atoms with E-state index in [4.69, 9.17) is 5.73 Å². The van der Waals surface area contributed by atoms with Gasteiger partial charge in [-0.1, -0.05) is 0 Å². The molecule has 1 amide bonds. The first-order valence-corrected chi connectivity index (χ1v) is 5.26. The Labute approximate surface area is 101 Å². The van der Waals surface area contributed by atoms with Crippen LogP contribution in [0.2, 0.25) is 0 Å². The number of aromatic nitrogens is 2. The van der Waals surface area contributed by atoms with Gasteiger partial charge in [-0.05, 0) is 31.7 Å². The minimum absolute atomic E-state index is 0. The van der Waals surface area contributed by atoms with Gasteiger partial charge in [0.1, 0.15) is 0 Å². The zero-order chi connectivity index (χ0) is 10.8. The maximum Gasteiger partial charge on any atom is 0.237 e. The number of carbonyl (C=O) groups is 1. The Morgan fingerprint density at radius 2 is 2.50 bits per heavy atom. The van der Waals surface area contributed by atoms with Crippen LogP contribution in [0, 0.1) is 0 Å².